The van der Waals surface area contributed by atoms with Crippen molar-refractivity contribution in [3.05, 3.63) is 62.0 Å². The van der Waals surface area contributed by atoms with Crippen molar-refractivity contribution >= 4 is 34.3 Å². The minimum atomic E-state index is -1.71. The Morgan fingerprint density at radius 2 is 1.70 bits per heavy atom. The van der Waals surface area contributed by atoms with E-state index in [4.69, 9.17) is 5.53 Å². The molecule has 11 heteroatoms. The number of fused-ring (bicyclic) bond motifs is 1. The van der Waals surface area contributed by atoms with Gasteiger partial charge in [0.05, 0.1) is 24.5 Å². The molecule has 2 aromatic rings. The van der Waals surface area contributed by atoms with Gasteiger partial charge in [0.25, 0.3) is 5.69 Å². The first-order chi connectivity index (χ1) is 12.9. The van der Waals surface area contributed by atoms with E-state index in [1.165, 1.54) is 24.3 Å². The van der Waals surface area contributed by atoms with Crippen molar-refractivity contribution in [2.45, 2.75) is 5.92 Å². The Balaban J connectivity index is 3.04. The maximum absolute atomic E-state index is 12.3. The average Bonchev–Trinajstić information content (AvgIpc) is 2.67. The Bertz CT molecular complexity index is 995. The number of nitro benzene ring substituents is 1. The Morgan fingerprint density at radius 1 is 1.15 bits per heavy atom. The van der Waals surface area contributed by atoms with Crippen molar-refractivity contribution in [1.29, 1.82) is 0 Å². The van der Waals surface area contributed by atoms with Gasteiger partial charge in [0.1, 0.15) is 0 Å². The van der Waals surface area contributed by atoms with E-state index in [-0.39, 0.29) is 16.3 Å². The smallest absolute Gasteiger partial charge is 0.324 e. The van der Waals surface area contributed by atoms with Gasteiger partial charge in [-0.1, -0.05) is 18.2 Å². The zero-order chi connectivity index (χ0) is 20.1. The van der Waals surface area contributed by atoms with Crippen LogP contribution in [-0.4, -0.2) is 37.0 Å². The molecule has 0 radical (unpaired) electrons. The lowest BCUT2D eigenvalue weighted by molar-refractivity contribution is -0.383. The number of non-ortho nitro benzene ring substituents is 1. The first-order valence-electron chi connectivity index (χ1n) is 7.32. The van der Waals surface area contributed by atoms with E-state index in [0.717, 1.165) is 20.3 Å². The topological polar surface area (TPSA) is 162 Å². The molecule has 0 spiro atoms. The van der Waals surface area contributed by atoms with Crippen molar-refractivity contribution in [2.75, 3.05) is 14.2 Å². The Labute approximate surface area is 151 Å². The van der Waals surface area contributed by atoms with Gasteiger partial charge in [0.15, 0.2) is 5.92 Å². The third-order valence-electron chi connectivity index (χ3n) is 3.79. The van der Waals surface area contributed by atoms with Crippen LogP contribution in [0.15, 0.2) is 35.4 Å². The highest BCUT2D eigenvalue weighted by atomic mass is 16.6. The number of hydrogen-bond acceptors (Lipinski definition) is 7. The minimum absolute atomic E-state index is 0.0731. The summed E-state index contributed by atoms with van der Waals surface area (Å²) < 4.78 is 9.25. The number of amides is 1. The number of esters is 2. The van der Waals surface area contributed by atoms with Gasteiger partial charge < -0.3 is 9.47 Å². The van der Waals surface area contributed by atoms with Gasteiger partial charge in [-0.15, -0.1) is 0 Å². The summed E-state index contributed by atoms with van der Waals surface area (Å²) in [6, 6.07) is 6.66. The van der Waals surface area contributed by atoms with Crippen molar-refractivity contribution in [3.8, 4) is 0 Å². The highest BCUT2D eigenvalue weighted by Gasteiger charge is 2.37. The summed E-state index contributed by atoms with van der Waals surface area (Å²) in [6.45, 7) is 0. The van der Waals surface area contributed by atoms with Crippen LogP contribution in [0.4, 0.5) is 5.69 Å². The van der Waals surface area contributed by atoms with Crippen LogP contribution in [-0.2, 0) is 19.1 Å². The van der Waals surface area contributed by atoms with Gasteiger partial charge >= 0.3 is 11.9 Å². The molecule has 1 amide bonds. The normalized spacial score (nSPS) is 10.2. The molecule has 0 fully saturated rings. The first kappa shape index (κ1) is 19.3. The molecule has 0 aliphatic rings. The summed E-state index contributed by atoms with van der Waals surface area (Å²) in [6.07, 6.45) is 0. The van der Waals surface area contributed by atoms with Gasteiger partial charge in [-0.25, -0.2) is 0 Å². The van der Waals surface area contributed by atoms with Crippen LogP contribution in [0.3, 0.4) is 0 Å². The summed E-state index contributed by atoms with van der Waals surface area (Å²) >= 11 is 0. The number of benzene rings is 2. The lowest BCUT2D eigenvalue weighted by atomic mass is 9.87. The molecular weight excluding hydrogens is 360 g/mol. The zero-order valence-corrected chi connectivity index (χ0v) is 14.1. The quantitative estimate of drug-likeness (QED) is 0.148. The molecule has 2 aromatic carbocycles. The lowest BCUT2D eigenvalue weighted by Crippen LogP contribution is -2.26. The van der Waals surface area contributed by atoms with Crippen molar-refractivity contribution in [3.63, 3.8) is 0 Å². The molecule has 27 heavy (non-hydrogen) atoms. The standard InChI is InChI=1S/C16H12N4O7/c1-26-15(22)13(16(23)27-2)12-9-6-4-3-5-8(9)11(20(24)25)7-10(12)14(21)18-19-17/h3-7,13H,1-2H3. The van der Waals surface area contributed by atoms with Crippen molar-refractivity contribution in [2.24, 2.45) is 5.11 Å². The van der Waals surface area contributed by atoms with Gasteiger partial charge in [-0.05, 0) is 27.7 Å². The Hall–Kier alpha value is -3.98. The van der Waals surface area contributed by atoms with Crippen LogP contribution in [0.2, 0.25) is 0 Å². The van der Waals surface area contributed by atoms with Gasteiger partial charge in [-0.3, -0.25) is 24.5 Å². The summed E-state index contributed by atoms with van der Waals surface area (Å²) in [7, 11) is 2.06. The van der Waals surface area contributed by atoms with E-state index >= 15 is 0 Å². The highest BCUT2D eigenvalue weighted by Crippen LogP contribution is 2.37. The monoisotopic (exact) mass is 372 g/mol. The number of azide groups is 1. The first-order valence-corrected chi connectivity index (χ1v) is 7.32. The number of carbonyl (C=O) groups is 3. The fourth-order valence-electron chi connectivity index (χ4n) is 2.68. The third-order valence-corrected chi connectivity index (χ3v) is 3.79. The van der Waals surface area contributed by atoms with Crippen LogP contribution in [0.5, 0.6) is 0 Å². The molecular formula is C16H12N4O7. The van der Waals surface area contributed by atoms with Crippen molar-refractivity contribution in [1.82, 2.24) is 0 Å². The predicted octanol–water partition coefficient (Wildman–Crippen LogP) is 2.63. The largest absolute Gasteiger partial charge is 0.468 e. The fourth-order valence-corrected chi connectivity index (χ4v) is 2.68. The number of nitrogens with zero attached hydrogens (tertiary/aromatic N) is 4. The molecule has 0 bridgehead atoms. The van der Waals surface area contributed by atoms with Gasteiger partial charge in [0.2, 0.25) is 5.91 Å². The molecule has 2 rings (SSSR count). The molecule has 0 saturated heterocycles. The molecule has 0 aromatic heterocycles. The van der Waals surface area contributed by atoms with Crippen LogP contribution in [0, 0.1) is 10.1 Å². The minimum Gasteiger partial charge on any atom is -0.468 e. The molecule has 0 atom stereocenters. The second-order valence-electron chi connectivity index (χ2n) is 5.13. The van der Waals surface area contributed by atoms with Crippen LogP contribution in [0.25, 0.3) is 21.2 Å². The molecule has 0 N–H and O–H groups in total. The summed E-state index contributed by atoms with van der Waals surface area (Å²) in [5.74, 6) is -5.00. The zero-order valence-electron chi connectivity index (χ0n) is 14.1. The number of carbonyl (C=O) groups excluding carboxylic acids is 3. The summed E-state index contributed by atoms with van der Waals surface area (Å²) in [5.41, 5.74) is 7.42. The molecule has 138 valence electrons. The number of nitro groups is 1. The second-order valence-corrected chi connectivity index (χ2v) is 5.13. The maximum atomic E-state index is 12.3. The molecule has 0 aliphatic heterocycles. The SMILES string of the molecule is COC(=O)C(C(=O)OC)c1c(C(=O)N=[N+]=[N-])cc([N+](=O)[O-])c2ccccc12. The van der Waals surface area contributed by atoms with E-state index < -0.39 is 39.9 Å². The molecule has 0 aliphatic carbocycles. The van der Waals surface area contributed by atoms with E-state index in [9.17, 15) is 24.5 Å². The fraction of sp³-hybridized carbons (Fsp3) is 0.188. The van der Waals surface area contributed by atoms with E-state index in [1.807, 2.05) is 0 Å². The van der Waals surface area contributed by atoms with E-state index in [1.54, 1.807) is 0 Å². The number of methoxy groups -OCH3 is 2. The number of ether oxygens (including phenoxy) is 2. The third kappa shape index (κ3) is 3.53. The lowest BCUT2D eigenvalue weighted by Gasteiger charge is -2.18. The van der Waals surface area contributed by atoms with Crippen LogP contribution in [0.1, 0.15) is 21.8 Å². The van der Waals surface area contributed by atoms with Crippen molar-refractivity contribution < 1.29 is 28.8 Å². The number of rotatable bonds is 5. The van der Waals surface area contributed by atoms with E-state index in [0.29, 0.717) is 0 Å². The molecule has 0 saturated carbocycles. The predicted molar refractivity (Wildman–Crippen MR) is 90.9 cm³/mol. The molecule has 0 unspecified atom stereocenters. The molecule has 0 heterocycles. The van der Waals surface area contributed by atoms with Gasteiger partial charge in [0, 0.05) is 16.5 Å². The average molecular weight is 372 g/mol. The summed E-state index contributed by atoms with van der Waals surface area (Å²) in [4.78, 5) is 49.8. The molecule has 11 nitrogen and oxygen atoms in total. The highest BCUT2D eigenvalue weighted by molar-refractivity contribution is 6.12. The second kappa shape index (κ2) is 7.93. The Kier molecular flexibility index (Phi) is 5.68. The summed E-state index contributed by atoms with van der Waals surface area (Å²) in [5, 5.41) is 14.5. The van der Waals surface area contributed by atoms with Crippen LogP contribution >= 0.6 is 0 Å². The Morgan fingerprint density at radius 3 is 2.19 bits per heavy atom. The van der Waals surface area contributed by atoms with E-state index in [2.05, 4.69) is 19.5 Å². The maximum Gasteiger partial charge on any atom is 0.324 e. The van der Waals surface area contributed by atoms with Gasteiger partial charge in [-0.2, -0.15) is 0 Å². The number of hydrogen-bond donors (Lipinski definition) is 0. The van der Waals surface area contributed by atoms with Crippen LogP contribution < -0.4 is 0 Å².